The summed E-state index contributed by atoms with van der Waals surface area (Å²) in [6, 6.07) is 9.16. The van der Waals surface area contributed by atoms with E-state index in [0.29, 0.717) is 5.75 Å². The van der Waals surface area contributed by atoms with Crippen molar-refractivity contribution in [3.8, 4) is 5.75 Å². The SMILES string of the molecule is COC(=O)Oc1ccc2[nH]c3ncccc3c2c1. The van der Waals surface area contributed by atoms with Crippen LogP contribution in [0.4, 0.5) is 4.79 Å². The van der Waals surface area contributed by atoms with Crippen molar-refractivity contribution in [1.82, 2.24) is 9.97 Å². The lowest BCUT2D eigenvalue weighted by Gasteiger charge is -2.02. The minimum Gasteiger partial charge on any atom is -0.437 e. The van der Waals surface area contributed by atoms with E-state index in [0.717, 1.165) is 21.9 Å². The fraction of sp³-hybridized carbons (Fsp3) is 0.0769. The molecule has 0 amide bonds. The number of ether oxygens (including phenoxy) is 2. The Morgan fingerprint density at radius 1 is 1.28 bits per heavy atom. The molecule has 2 aromatic heterocycles. The molecule has 0 radical (unpaired) electrons. The highest BCUT2D eigenvalue weighted by molar-refractivity contribution is 6.06. The van der Waals surface area contributed by atoms with Crippen LogP contribution in [0.3, 0.4) is 0 Å². The summed E-state index contributed by atoms with van der Waals surface area (Å²) in [6.45, 7) is 0. The van der Waals surface area contributed by atoms with Gasteiger partial charge >= 0.3 is 6.16 Å². The van der Waals surface area contributed by atoms with Crippen LogP contribution >= 0.6 is 0 Å². The number of H-pyrrole nitrogens is 1. The summed E-state index contributed by atoms with van der Waals surface area (Å²) in [5.74, 6) is 0.444. The summed E-state index contributed by atoms with van der Waals surface area (Å²) >= 11 is 0. The van der Waals surface area contributed by atoms with Crippen LogP contribution in [0, 0.1) is 0 Å². The predicted octanol–water partition coefficient (Wildman–Crippen LogP) is 2.86. The Morgan fingerprint density at radius 3 is 3.00 bits per heavy atom. The van der Waals surface area contributed by atoms with E-state index in [1.807, 2.05) is 18.2 Å². The highest BCUT2D eigenvalue weighted by atomic mass is 16.7. The second-order valence-electron chi connectivity index (χ2n) is 3.79. The zero-order chi connectivity index (χ0) is 12.5. The third-order valence-electron chi connectivity index (χ3n) is 2.71. The summed E-state index contributed by atoms with van der Waals surface area (Å²) in [5, 5.41) is 1.95. The number of hydrogen-bond donors (Lipinski definition) is 1. The van der Waals surface area contributed by atoms with E-state index in [4.69, 9.17) is 4.74 Å². The van der Waals surface area contributed by atoms with Gasteiger partial charge in [-0.05, 0) is 30.3 Å². The first-order valence-corrected chi connectivity index (χ1v) is 5.40. The zero-order valence-electron chi connectivity index (χ0n) is 9.64. The van der Waals surface area contributed by atoms with E-state index in [1.54, 1.807) is 18.3 Å². The maximum atomic E-state index is 11.1. The van der Waals surface area contributed by atoms with Crippen molar-refractivity contribution in [2.24, 2.45) is 0 Å². The van der Waals surface area contributed by atoms with Gasteiger partial charge in [0.2, 0.25) is 0 Å². The number of aromatic nitrogens is 2. The average molecular weight is 242 g/mol. The lowest BCUT2D eigenvalue weighted by atomic mass is 10.2. The second-order valence-corrected chi connectivity index (χ2v) is 3.79. The number of nitrogens with zero attached hydrogens (tertiary/aromatic N) is 1. The van der Waals surface area contributed by atoms with E-state index in [2.05, 4.69) is 14.7 Å². The Hall–Kier alpha value is -2.56. The van der Waals surface area contributed by atoms with Gasteiger partial charge in [0.25, 0.3) is 0 Å². The maximum absolute atomic E-state index is 11.1. The highest BCUT2D eigenvalue weighted by Gasteiger charge is 2.08. The van der Waals surface area contributed by atoms with Gasteiger partial charge in [0, 0.05) is 22.5 Å². The summed E-state index contributed by atoms with van der Waals surface area (Å²) in [7, 11) is 1.27. The number of hydrogen-bond acceptors (Lipinski definition) is 4. The molecule has 0 saturated heterocycles. The lowest BCUT2D eigenvalue weighted by molar-refractivity contribution is 0.121. The van der Waals surface area contributed by atoms with Crippen LogP contribution in [0.5, 0.6) is 5.75 Å². The summed E-state index contributed by atoms with van der Waals surface area (Å²) < 4.78 is 9.45. The number of nitrogens with one attached hydrogen (secondary N) is 1. The van der Waals surface area contributed by atoms with Crippen LogP contribution in [-0.2, 0) is 4.74 Å². The number of methoxy groups -OCH3 is 1. The topological polar surface area (TPSA) is 64.2 Å². The standard InChI is InChI=1S/C13H10N2O3/c1-17-13(16)18-8-4-5-11-10(7-8)9-3-2-6-14-12(9)15-11/h2-7H,1H3,(H,14,15). The van der Waals surface area contributed by atoms with Gasteiger partial charge in [-0.3, -0.25) is 0 Å². The minimum absolute atomic E-state index is 0.444. The fourth-order valence-corrected chi connectivity index (χ4v) is 1.91. The van der Waals surface area contributed by atoms with Crippen LogP contribution in [0.2, 0.25) is 0 Å². The maximum Gasteiger partial charge on any atom is 0.513 e. The quantitative estimate of drug-likeness (QED) is 0.526. The third kappa shape index (κ3) is 1.66. The number of aromatic amines is 1. The predicted molar refractivity (Wildman–Crippen MR) is 66.6 cm³/mol. The molecule has 1 N–H and O–H groups in total. The lowest BCUT2D eigenvalue weighted by Crippen LogP contribution is -2.06. The van der Waals surface area contributed by atoms with Gasteiger partial charge in [0.05, 0.1) is 7.11 Å². The van der Waals surface area contributed by atoms with Crippen LogP contribution in [0.15, 0.2) is 36.5 Å². The minimum atomic E-state index is -0.729. The fourth-order valence-electron chi connectivity index (χ4n) is 1.91. The second kappa shape index (κ2) is 4.03. The molecular formula is C13H10N2O3. The zero-order valence-corrected chi connectivity index (χ0v) is 9.64. The summed E-state index contributed by atoms with van der Waals surface area (Å²) in [5.41, 5.74) is 1.75. The molecule has 0 unspecified atom stereocenters. The molecule has 0 saturated carbocycles. The molecule has 5 heteroatoms. The molecule has 2 heterocycles. The van der Waals surface area contributed by atoms with Crippen molar-refractivity contribution in [3.63, 3.8) is 0 Å². The molecule has 5 nitrogen and oxygen atoms in total. The van der Waals surface area contributed by atoms with Crippen molar-refractivity contribution in [2.45, 2.75) is 0 Å². The van der Waals surface area contributed by atoms with Gasteiger partial charge in [0.15, 0.2) is 0 Å². The first-order chi connectivity index (χ1) is 8.78. The van der Waals surface area contributed by atoms with Crippen molar-refractivity contribution in [2.75, 3.05) is 7.11 Å². The number of pyridine rings is 1. The summed E-state index contributed by atoms with van der Waals surface area (Å²) in [6.07, 6.45) is 0.996. The first-order valence-electron chi connectivity index (χ1n) is 5.40. The van der Waals surface area contributed by atoms with Gasteiger partial charge < -0.3 is 14.5 Å². The number of rotatable bonds is 1. The Morgan fingerprint density at radius 2 is 2.17 bits per heavy atom. The normalized spacial score (nSPS) is 10.7. The molecule has 90 valence electrons. The molecule has 0 bridgehead atoms. The number of carbonyl (C=O) groups is 1. The molecule has 0 aliphatic rings. The van der Waals surface area contributed by atoms with E-state index in [9.17, 15) is 4.79 Å². The van der Waals surface area contributed by atoms with Crippen LogP contribution < -0.4 is 4.74 Å². The molecule has 18 heavy (non-hydrogen) atoms. The highest BCUT2D eigenvalue weighted by Crippen LogP contribution is 2.27. The van der Waals surface area contributed by atoms with Gasteiger partial charge in [-0.1, -0.05) is 0 Å². The van der Waals surface area contributed by atoms with Gasteiger partial charge in [-0.2, -0.15) is 0 Å². The Balaban J connectivity index is 2.15. The van der Waals surface area contributed by atoms with Gasteiger partial charge in [-0.15, -0.1) is 0 Å². The number of fused-ring (bicyclic) bond motifs is 3. The molecule has 0 atom stereocenters. The average Bonchev–Trinajstić information content (AvgIpc) is 2.77. The third-order valence-corrected chi connectivity index (χ3v) is 2.71. The molecular weight excluding hydrogens is 232 g/mol. The molecule has 3 rings (SSSR count). The molecule has 0 aliphatic carbocycles. The van der Waals surface area contributed by atoms with E-state index < -0.39 is 6.16 Å². The smallest absolute Gasteiger partial charge is 0.437 e. The van der Waals surface area contributed by atoms with E-state index >= 15 is 0 Å². The van der Waals surface area contributed by atoms with Crippen molar-refractivity contribution in [3.05, 3.63) is 36.5 Å². The van der Waals surface area contributed by atoms with Crippen LogP contribution in [0.25, 0.3) is 21.9 Å². The van der Waals surface area contributed by atoms with E-state index in [-0.39, 0.29) is 0 Å². The van der Waals surface area contributed by atoms with Crippen molar-refractivity contribution >= 4 is 28.1 Å². The van der Waals surface area contributed by atoms with Crippen LogP contribution in [0.1, 0.15) is 0 Å². The molecule has 0 fully saturated rings. The Bertz CT molecular complexity index is 733. The Kier molecular flexibility index (Phi) is 2.37. The Labute approximate surface area is 102 Å². The molecule has 0 aliphatic heterocycles. The molecule has 1 aromatic carbocycles. The molecule has 0 spiro atoms. The van der Waals surface area contributed by atoms with E-state index in [1.165, 1.54) is 7.11 Å². The number of benzene rings is 1. The van der Waals surface area contributed by atoms with Crippen LogP contribution in [-0.4, -0.2) is 23.2 Å². The molecule has 3 aromatic rings. The van der Waals surface area contributed by atoms with Gasteiger partial charge in [-0.25, -0.2) is 9.78 Å². The van der Waals surface area contributed by atoms with Crippen molar-refractivity contribution in [1.29, 1.82) is 0 Å². The first kappa shape index (κ1) is 10.6. The van der Waals surface area contributed by atoms with Gasteiger partial charge in [0.1, 0.15) is 11.4 Å². The summed E-state index contributed by atoms with van der Waals surface area (Å²) in [4.78, 5) is 18.5. The van der Waals surface area contributed by atoms with Crippen molar-refractivity contribution < 1.29 is 14.3 Å². The largest absolute Gasteiger partial charge is 0.513 e. The number of carbonyl (C=O) groups excluding carboxylic acids is 1. The monoisotopic (exact) mass is 242 g/mol.